The molecule has 0 aliphatic heterocycles. The standard InChI is InChI=1S/C12H11F3IN5O/c1-19-12-9(11(18)20-5-21-12)10(17)6-2-3-8(7(13)4-6)22-16(14)15/h2-5,17H,1H3,(H3,18,19,20,21). The Labute approximate surface area is 132 Å². The van der Waals surface area contributed by atoms with E-state index in [1.807, 2.05) is 0 Å². The number of nitrogen functional groups attached to an aromatic ring is 1. The molecule has 1 aromatic heterocycles. The van der Waals surface area contributed by atoms with E-state index in [0.717, 1.165) is 12.1 Å². The van der Waals surface area contributed by atoms with Gasteiger partial charge in [-0.05, 0) is 0 Å². The minimum absolute atomic E-state index is 0.0472. The fourth-order valence-electron chi connectivity index (χ4n) is 1.76. The first-order chi connectivity index (χ1) is 10.4. The number of nitrogens with two attached hydrogens (primary N) is 1. The Kier molecular flexibility index (Phi) is 5.00. The summed E-state index contributed by atoms with van der Waals surface area (Å²) < 4.78 is 42.5. The molecule has 10 heteroatoms. The average Bonchev–Trinajstić information content (AvgIpc) is 2.48. The van der Waals surface area contributed by atoms with Gasteiger partial charge in [0.15, 0.2) is 0 Å². The normalized spacial score (nSPS) is 11.0. The van der Waals surface area contributed by atoms with Crippen molar-refractivity contribution < 1.29 is 13.2 Å². The van der Waals surface area contributed by atoms with Gasteiger partial charge in [0, 0.05) is 0 Å². The molecule has 0 fully saturated rings. The van der Waals surface area contributed by atoms with Gasteiger partial charge in [0.2, 0.25) is 0 Å². The van der Waals surface area contributed by atoms with Crippen LogP contribution in [-0.4, -0.2) is 22.7 Å². The summed E-state index contributed by atoms with van der Waals surface area (Å²) in [4.78, 5) is 7.72. The number of nitrogens with zero attached hydrogens (tertiary/aromatic N) is 2. The van der Waals surface area contributed by atoms with E-state index in [4.69, 9.17) is 11.1 Å². The molecule has 0 radical (unpaired) electrons. The SMILES string of the molecule is CNc1ncnc(N)c1C(=N)c1ccc(OI(F)F)c(F)c1. The summed E-state index contributed by atoms with van der Waals surface area (Å²) in [5, 5.41) is 10.9. The van der Waals surface area contributed by atoms with Crippen molar-refractivity contribution in [1.29, 1.82) is 5.41 Å². The first-order valence-corrected chi connectivity index (χ1v) is 8.34. The van der Waals surface area contributed by atoms with Crippen LogP contribution in [0.15, 0.2) is 24.5 Å². The van der Waals surface area contributed by atoms with Gasteiger partial charge in [0.25, 0.3) is 0 Å². The van der Waals surface area contributed by atoms with Gasteiger partial charge in [-0.15, -0.1) is 0 Å². The van der Waals surface area contributed by atoms with E-state index in [-0.39, 0.29) is 22.7 Å². The van der Waals surface area contributed by atoms with Crippen molar-refractivity contribution >= 4 is 38.7 Å². The maximum atomic E-state index is 13.8. The second kappa shape index (κ2) is 6.77. The Hall–Kier alpha value is -2.11. The zero-order valence-corrected chi connectivity index (χ0v) is 13.4. The van der Waals surface area contributed by atoms with Crippen LogP contribution < -0.4 is 14.1 Å². The maximum absolute atomic E-state index is 13.8. The first-order valence-electron chi connectivity index (χ1n) is 5.82. The average molecular weight is 425 g/mol. The van der Waals surface area contributed by atoms with Gasteiger partial charge < -0.3 is 0 Å². The molecule has 0 unspecified atom stereocenters. The fourth-order valence-corrected chi connectivity index (χ4v) is 2.48. The summed E-state index contributed by atoms with van der Waals surface area (Å²) in [6, 6.07) is 3.29. The Morgan fingerprint density at radius 3 is 2.68 bits per heavy atom. The van der Waals surface area contributed by atoms with Crippen molar-refractivity contribution in [3.8, 4) is 5.75 Å². The van der Waals surface area contributed by atoms with Crippen molar-refractivity contribution in [2.24, 2.45) is 0 Å². The van der Waals surface area contributed by atoms with Crippen molar-refractivity contribution in [1.82, 2.24) is 9.97 Å². The number of halogens is 4. The summed E-state index contributed by atoms with van der Waals surface area (Å²) in [6.45, 7) is 0. The minimum atomic E-state index is -4.55. The fraction of sp³-hybridized carbons (Fsp3) is 0.0833. The third-order valence-electron chi connectivity index (χ3n) is 2.73. The molecule has 118 valence electrons. The molecule has 2 rings (SSSR count). The quantitative estimate of drug-likeness (QED) is 0.505. The molecule has 2 aromatic rings. The number of rotatable bonds is 5. The Morgan fingerprint density at radius 1 is 1.36 bits per heavy atom. The van der Waals surface area contributed by atoms with Crippen molar-refractivity contribution in [3.63, 3.8) is 0 Å². The van der Waals surface area contributed by atoms with E-state index in [0.29, 0.717) is 5.82 Å². The van der Waals surface area contributed by atoms with Crippen LogP contribution in [-0.2, 0) is 0 Å². The van der Waals surface area contributed by atoms with E-state index in [2.05, 4.69) is 18.4 Å². The van der Waals surface area contributed by atoms with Crippen molar-refractivity contribution in [2.45, 2.75) is 0 Å². The third kappa shape index (κ3) is 3.37. The molecular formula is C12H11F3IN5O. The molecule has 0 saturated carbocycles. The van der Waals surface area contributed by atoms with Crippen LogP contribution in [0.2, 0.25) is 0 Å². The van der Waals surface area contributed by atoms with Crippen LogP contribution in [0, 0.1) is 11.2 Å². The van der Waals surface area contributed by atoms with Gasteiger partial charge in [-0.3, -0.25) is 0 Å². The number of hydrogen-bond donors (Lipinski definition) is 3. The summed E-state index contributed by atoms with van der Waals surface area (Å²) >= 11 is -4.55. The Bertz CT molecular complexity index is 713. The molecule has 1 heterocycles. The van der Waals surface area contributed by atoms with Gasteiger partial charge in [0.1, 0.15) is 0 Å². The predicted octanol–water partition coefficient (Wildman–Crippen LogP) is 3.22. The van der Waals surface area contributed by atoms with Crippen molar-refractivity contribution in [3.05, 3.63) is 41.5 Å². The topological polar surface area (TPSA) is 96.9 Å². The van der Waals surface area contributed by atoms with Gasteiger partial charge in [-0.25, -0.2) is 0 Å². The zero-order chi connectivity index (χ0) is 16.3. The van der Waals surface area contributed by atoms with E-state index < -0.39 is 32.9 Å². The van der Waals surface area contributed by atoms with Crippen LogP contribution in [0.1, 0.15) is 11.1 Å². The molecule has 22 heavy (non-hydrogen) atoms. The second-order valence-electron chi connectivity index (χ2n) is 4.00. The molecule has 0 bridgehead atoms. The third-order valence-corrected chi connectivity index (χ3v) is 3.53. The number of benzene rings is 1. The monoisotopic (exact) mass is 425 g/mol. The first kappa shape index (κ1) is 16.3. The van der Waals surface area contributed by atoms with Crippen LogP contribution in [0.25, 0.3) is 0 Å². The Morgan fingerprint density at radius 2 is 2.09 bits per heavy atom. The van der Waals surface area contributed by atoms with E-state index in [9.17, 15) is 10.1 Å². The van der Waals surface area contributed by atoms with E-state index in [1.165, 1.54) is 12.4 Å². The molecule has 0 amide bonds. The molecule has 4 N–H and O–H groups in total. The summed E-state index contributed by atoms with van der Waals surface area (Å²) in [7, 11) is 1.59. The molecule has 1 aromatic carbocycles. The molecule has 0 atom stereocenters. The van der Waals surface area contributed by atoms with Crippen molar-refractivity contribution in [2.75, 3.05) is 18.1 Å². The van der Waals surface area contributed by atoms with E-state index in [1.54, 1.807) is 7.05 Å². The zero-order valence-electron chi connectivity index (χ0n) is 11.2. The number of hydrogen-bond acceptors (Lipinski definition) is 6. The van der Waals surface area contributed by atoms with Crippen LogP contribution in [0.5, 0.6) is 5.75 Å². The summed E-state index contributed by atoms with van der Waals surface area (Å²) in [5.74, 6) is -1.15. The number of aromatic nitrogens is 2. The molecule has 6 nitrogen and oxygen atoms in total. The number of anilines is 2. The molecule has 0 saturated heterocycles. The summed E-state index contributed by atoms with van der Waals surface area (Å²) in [5.41, 5.74) is 5.93. The molecule has 0 aliphatic carbocycles. The number of nitrogens with one attached hydrogen (secondary N) is 2. The predicted molar refractivity (Wildman–Crippen MR) is 85.2 cm³/mol. The van der Waals surface area contributed by atoms with Crippen LogP contribution in [0.3, 0.4) is 0 Å². The van der Waals surface area contributed by atoms with Crippen LogP contribution >= 0.6 is 21.4 Å². The molecule has 0 spiro atoms. The second-order valence-corrected chi connectivity index (χ2v) is 5.41. The van der Waals surface area contributed by atoms with Gasteiger partial charge >= 0.3 is 133 Å². The summed E-state index contributed by atoms with van der Waals surface area (Å²) in [6.07, 6.45) is 1.23. The molecular weight excluding hydrogens is 414 g/mol. The molecule has 0 aliphatic rings. The van der Waals surface area contributed by atoms with Crippen LogP contribution in [0.4, 0.5) is 21.7 Å². The Balaban J connectivity index is 2.41. The van der Waals surface area contributed by atoms with Gasteiger partial charge in [0.05, 0.1) is 0 Å². The van der Waals surface area contributed by atoms with E-state index >= 15 is 0 Å². The van der Waals surface area contributed by atoms with Gasteiger partial charge in [-0.2, -0.15) is 0 Å². The van der Waals surface area contributed by atoms with Gasteiger partial charge in [-0.1, -0.05) is 0 Å².